The Morgan fingerprint density at radius 2 is 1.72 bits per heavy atom. The maximum atomic E-state index is 12.5. The maximum absolute atomic E-state index is 12.5. The third kappa shape index (κ3) is 4.74. The predicted octanol–water partition coefficient (Wildman–Crippen LogP) is 6.08. The van der Waals surface area contributed by atoms with Crippen molar-refractivity contribution >= 4 is 34.2 Å². The molecule has 0 aliphatic carbocycles. The summed E-state index contributed by atoms with van der Waals surface area (Å²) >= 11 is 6.14. The first-order chi connectivity index (χ1) is 17.5. The van der Waals surface area contributed by atoms with Crippen molar-refractivity contribution in [3.63, 3.8) is 0 Å². The number of ether oxygens (including phenoxy) is 2. The van der Waals surface area contributed by atoms with Crippen LogP contribution in [-0.4, -0.2) is 34.4 Å². The summed E-state index contributed by atoms with van der Waals surface area (Å²) < 4.78 is 12.7. The summed E-state index contributed by atoms with van der Waals surface area (Å²) in [6.07, 6.45) is 0. The summed E-state index contributed by atoms with van der Waals surface area (Å²) in [4.78, 5) is 17.3. The highest BCUT2D eigenvalue weighted by atomic mass is 35.5. The Labute approximate surface area is 213 Å². The summed E-state index contributed by atoms with van der Waals surface area (Å²) in [6.45, 7) is 1.77. The molecular formula is C28H23ClN4O3. The van der Waals surface area contributed by atoms with Crippen molar-refractivity contribution in [1.82, 2.24) is 14.8 Å². The zero-order valence-corrected chi connectivity index (χ0v) is 20.5. The molecule has 0 saturated heterocycles. The Hall–Kier alpha value is -4.36. The largest absolute Gasteiger partial charge is 0.495 e. The molecule has 8 heteroatoms. The minimum Gasteiger partial charge on any atom is -0.495 e. The standard InChI is InChI=1S/C28H23ClN4O3/c1-18-15-25(36-17-24(34)30-20-13-14-23(35-2)22(29)16-20)31-28-26(18)27(19-9-5-3-6-10-19)32-33(28)21-11-7-4-8-12-21/h3-16H,17H2,1-2H3,(H,30,34). The molecule has 0 saturated carbocycles. The number of fused-ring (bicyclic) bond motifs is 1. The Morgan fingerprint density at radius 3 is 2.42 bits per heavy atom. The molecule has 0 spiro atoms. The van der Waals surface area contributed by atoms with Crippen molar-refractivity contribution in [2.45, 2.75) is 6.92 Å². The molecule has 36 heavy (non-hydrogen) atoms. The molecule has 7 nitrogen and oxygen atoms in total. The topological polar surface area (TPSA) is 78.3 Å². The van der Waals surface area contributed by atoms with Gasteiger partial charge in [-0.2, -0.15) is 10.1 Å². The molecule has 0 radical (unpaired) electrons. The predicted molar refractivity (Wildman–Crippen MR) is 141 cm³/mol. The van der Waals surface area contributed by atoms with Gasteiger partial charge in [0.05, 0.1) is 23.2 Å². The van der Waals surface area contributed by atoms with Crippen molar-refractivity contribution in [2.24, 2.45) is 0 Å². The van der Waals surface area contributed by atoms with Crippen molar-refractivity contribution in [2.75, 3.05) is 19.0 Å². The highest BCUT2D eigenvalue weighted by Gasteiger charge is 2.19. The second-order valence-corrected chi connectivity index (χ2v) is 8.53. The number of hydrogen-bond acceptors (Lipinski definition) is 5. The Bertz CT molecular complexity index is 1540. The fourth-order valence-corrected chi connectivity index (χ4v) is 4.23. The number of hydrogen-bond donors (Lipinski definition) is 1. The lowest BCUT2D eigenvalue weighted by Gasteiger charge is -2.10. The molecule has 0 bridgehead atoms. The van der Waals surface area contributed by atoms with E-state index in [2.05, 4.69) is 5.32 Å². The molecule has 0 atom stereocenters. The molecular weight excluding hydrogens is 476 g/mol. The fourth-order valence-electron chi connectivity index (χ4n) is 3.97. The minimum atomic E-state index is -0.336. The molecule has 0 aliphatic heterocycles. The summed E-state index contributed by atoms with van der Waals surface area (Å²) in [5, 5.41) is 9.00. The number of anilines is 1. The van der Waals surface area contributed by atoms with Gasteiger partial charge >= 0.3 is 0 Å². The van der Waals surface area contributed by atoms with Crippen LogP contribution in [0.2, 0.25) is 5.02 Å². The smallest absolute Gasteiger partial charge is 0.262 e. The van der Waals surface area contributed by atoms with Crippen LogP contribution in [0, 0.1) is 6.92 Å². The van der Waals surface area contributed by atoms with Crippen LogP contribution in [0.3, 0.4) is 0 Å². The molecule has 180 valence electrons. The summed E-state index contributed by atoms with van der Waals surface area (Å²) in [5.74, 6) is 0.528. The lowest BCUT2D eigenvalue weighted by Crippen LogP contribution is -2.20. The average Bonchev–Trinajstić information content (AvgIpc) is 3.29. The molecule has 1 amide bonds. The highest BCUT2D eigenvalue weighted by Crippen LogP contribution is 2.33. The van der Waals surface area contributed by atoms with Crippen LogP contribution in [0.4, 0.5) is 5.69 Å². The number of aryl methyl sites for hydroxylation is 1. The zero-order valence-electron chi connectivity index (χ0n) is 19.7. The molecule has 5 rings (SSSR count). The van der Waals surface area contributed by atoms with E-state index in [4.69, 9.17) is 31.2 Å². The molecule has 1 N–H and O–H groups in total. The lowest BCUT2D eigenvalue weighted by molar-refractivity contribution is -0.118. The number of para-hydroxylation sites is 1. The van der Waals surface area contributed by atoms with Crippen molar-refractivity contribution in [1.29, 1.82) is 0 Å². The van der Waals surface area contributed by atoms with Crippen LogP contribution in [0.15, 0.2) is 84.9 Å². The van der Waals surface area contributed by atoms with Crippen molar-refractivity contribution < 1.29 is 14.3 Å². The third-order valence-corrected chi connectivity index (χ3v) is 5.94. The molecule has 3 aromatic carbocycles. The molecule has 0 aliphatic rings. The summed E-state index contributed by atoms with van der Waals surface area (Å²) in [5.41, 5.74) is 4.84. The van der Waals surface area contributed by atoms with Crippen LogP contribution < -0.4 is 14.8 Å². The van der Waals surface area contributed by atoms with Gasteiger partial charge in [-0.1, -0.05) is 60.1 Å². The Balaban J connectivity index is 1.45. The number of aromatic nitrogens is 3. The second kappa shape index (κ2) is 10.1. The number of pyridine rings is 1. The number of amides is 1. The lowest BCUT2D eigenvalue weighted by atomic mass is 10.1. The van der Waals surface area contributed by atoms with E-state index < -0.39 is 0 Å². The molecule has 0 unspecified atom stereocenters. The number of benzene rings is 3. The van der Waals surface area contributed by atoms with Gasteiger partial charge in [0, 0.05) is 17.3 Å². The Kier molecular flexibility index (Phi) is 6.56. The fraction of sp³-hybridized carbons (Fsp3) is 0.107. The van der Waals surface area contributed by atoms with E-state index in [0.29, 0.717) is 28.0 Å². The maximum Gasteiger partial charge on any atom is 0.262 e. The van der Waals surface area contributed by atoms with Gasteiger partial charge in [-0.15, -0.1) is 0 Å². The second-order valence-electron chi connectivity index (χ2n) is 8.12. The molecule has 2 heterocycles. The molecule has 2 aromatic heterocycles. The van der Waals surface area contributed by atoms with Crippen LogP contribution in [0.25, 0.3) is 28.0 Å². The number of nitrogens with one attached hydrogen (secondary N) is 1. The highest BCUT2D eigenvalue weighted by molar-refractivity contribution is 6.32. The van der Waals surface area contributed by atoms with Gasteiger partial charge in [-0.3, -0.25) is 4.79 Å². The van der Waals surface area contributed by atoms with Crippen molar-refractivity contribution in [3.8, 4) is 28.6 Å². The number of halogens is 1. The van der Waals surface area contributed by atoms with Gasteiger partial charge in [0.15, 0.2) is 12.3 Å². The first kappa shape index (κ1) is 23.4. The van der Waals surface area contributed by atoms with E-state index in [1.54, 1.807) is 22.9 Å². The van der Waals surface area contributed by atoms with Crippen LogP contribution in [0.1, 0.15) is 5.56 Å². The number of methoxy groups -OCH3 is 1. The van der Waals surface area contributed by atoms with Crippen LogP contribution >= 0.6 is 11.6 Å². The van der Waals surface area contributed by atoms with E-state index in [-0.39, 0.29) is 12.5 Å². The normalized spacial score (nSPS) is 10.9. The molecule has 0 fully saturated rings. The van der Waals surface area contributed by atoms with E-state index >= 15 is 0 Å². The van der Waals surface area contributed by atoms with E-state index in [1.807, 2.05) is 73.7 Å². The number of rotatable bonds is 7. The van der Waals surface area contributed by atoms with Crippen LogP contribution in [-0.2, 0) is 4.79 Å². The molecule has 5 aromatic rings. The van der Waals surface area contributed by atoms with Gasteiger partial charge < -0.3 is 14.8 Å². The Morgan fingerprint density at radius 1 is 1.00 bits per heavy atom. The van der Waals surface area contributed by atoms with Crippen LogP contribution in [0.5, 0.6) is 11.6 Å². The van der Waals surface area contributed by atoms with E-state index in [0.717, 1.165) is 27.9 Å². The van der Waals surface area contributed by atoms with Gasteiger partial charge in [0.1, 0.15) is 11.4 Å². The number of nitrogens with zero attached hydrogens (tertiary/aromatic N) is 3. The quantitative estimate of drug-likeness (QED) is 0.294. The summed E-state index contributed by atoms with van der Waals surface area (Å²) in [6, 6.07) is 26.6. The SMILES string of the molecule is COc1ccc(NC(=O)COc2cc(C)c3c(-c4ccccc4)nn(-c4ccccc4)c3n2)cc1Cl. The monoisotopic (exact) mass is 498 g/mol. The van der Waals surface area contributed by atoms with Gasteiger partial charge in [0.2, 0.25) is 5.88 Å². The van der Waals surface area contributed by atoms with Gasteiger partial charge in [-0.25, -0.2) is 4.68 Å². The van der Waals surface area contributed by atoms with E-state index in [1.165, 1.54) is 7.11 Å². The average molecular weight is 499 g/mol. The van der Waals surface area contributed by atoms with Crippen molar-refractivity contribution in [3.05, 3.63) is 95.5 Å². The van der Waals surface area contributed by atoms with E-state index in [9.17, 15) is 4.79 Å². The number of carbonyl (C=O) groups is 1. The third-order valence-electron chi connectivity index (χ3n) is 5.65. The summed E-state index contributed by atoms with van der Waals surface area (Å²) in [7, 11) is 1.53. The zero-order chi connectivity index (χ0) is 25.1. The number of carbonyl (C=O) groups excluding carboxylic acids is 1. The van der Waals surface area contributed by atoms with Gasteiger partial charge in [-0.05, 0) is 42.8 Å². The van der Waals surface area contributed by atoms with Gasteiger partial charge in [0.25, 0.3) is 5.91 Å². The minimum absolute atomic E-state index is 0.216. The first-order valence-electron chi connectivity index (χ1n) is 11.3. The first-order valence-corrected chi connectivity index (χ1v) is 11.7.